The van der Waals surface area contributed by atoms with Crippen LogP contribution in [0.25, 0.3) is 0 Å². The lowest BCUT2D eigenvalue weighted by atomic mass is 9.97. The summed E-state index contributed by atoms with van der Waals surface area (Å²) in [4.78, 5) is 0. The maximum absolute atomic E-state index is 13.9. The van der Waals surface area contributed by atoms with Crippen molar-refractivity contribution in [2.75, 3.05) is 26.9 Å². The van der Waals surface area contributed by atoms with Gasteiger partial charge in [0.25, 0.3) is 0 Å². The number of aryl methyl sites for hydroxylation is 2. The zero-order chi connectivity index (χ0) is 13.5. The smallest absolute Gasteiger partial charge is 0.128 e. The molecule has 1 rings (SSSR count). The number of halogens is 1. The number of benzene rings is 1. The molecule has 0 amide bonds. The van der Waals surface area contributed by atoms with E-state index in [4.69, 9.17) is 15.2 Å². The molecular formula is C14H22FNO2. The number of methoxy groups -OCH3 is 1. The summed E-state index contributed by atoms with van der Waals surface area (Å²) in [5, 5.41) is 0. The Morgan fingerprint density at radius 2 is 1.94 bits per heavy atom. The number of hydrogen-bond acceptors (Lipinski definition) is 3. The quantitative estimate of drug-likeness (QED) is 0.761. The predicted molar refractivity (Wildman–Crippen MR) is 70.1 cm³/mol. The van der Waals surface area contributed by atoms with Gasteiger partial charge in [0.05, 0.1) is 13.2 Å². The van der Waals surface area contributed by atoms with Gasteiger partial charge in [-0.15, -0.1) is 0 Å². The minimum atomic E-state index is -0.326. The summed E-state index contributed by atoms with van der Waals surface area (Å²) in [6.07, 6.45) is 0.602. The van der Waals surface area contributed by atoms with E-state index in [1.165, 1.54) is 6.07 Å². The predicted octanol–water partition coefficient (Wildman–Crippen LogP) is 2.50. The average molecular weight is 255 g/mol. The second-order valence-electron chi connectivity index (χ2n) is 4.48. The lowest BCUT2D eigenvalue weighted by Gasteiger charge is -2.16. The van der Waals surface area contributed by atoms with Crippen LogP contribution in [0, 0.1) is 19.7 Å². The van der Waals surface area contributed by atoms with Gasteiger partial charge in [0.15, 0.2) is 0 Å². The second-order valence-corrected chi connectivity index (χ2v) is 4.48. The van der Waals surface area contributed by atoms with Crippen molar-refractivity contribution in [1.29, 1.82) is 0 Å². The fourth-order valence-electron chi connectivity index (χ4n) is 2.00. The van der Waals surface area contributed by atoms with Crippen LogP contribution < -0.4 is 5.73 Å². The van der Waals surface area contributed by atoms with Crippen molar-refractivity contribution in [2.45, 2.75) is 26.3 Å². The summed E-state index contributed by atoms with van der Waals surface area (Å²) in [5.41, 5.74) is 8.42. The summed E-state index contributed by atoms with van der Waals surface area (Å²) < 4.78 is 24.1. The van der Waals surface area contributed by atoms with Crippen LogP contribution in [0.2, 0.25) is 0 Å². The maximum Gasteiger partial charge on any atom is 0.128 e. The molecule has 0 fully saturated rings. The number of ether oxygens (including phenoxy) is 2. The molecule has 0 radical (unpaired) electrons. The van der Waals surface area contributed by atoms with Crippen molar-refractivity contribution in [3.63, 3.8) is 0 Å². The van der Waals surface area contributed by atoms with Gasteiger partial charge in [-0.2, -0.15) is 0 Å². The topological polar surface area (TPSA) is 44.5 Å². The van der Waals surface area contributed by atoms with Crippen molar-refractivity contribution in [2.24, 2.45) is 5.73 Å². The first kappa shape index (κ1) is 15.1. The highest BCUT2D eigenvalue weighted by Crippen LogP contribution is 2.23. The SMILES string of the molecule is COCCOCCC(N)c1c(C)cc(C)cc1F. The number of rotatable bonds is 7. The lowest BCUT2D eigenvalue weighted by Crippen LogP contribution is -2.17. The average Bonchev–Trinajstić information content (AvgIpc) is 2.27. The molecule has 0 aliphatic carbocycles. The van der Waals surface area contributed by atoms with Crippen LogP contribution in [-0.4, -0.2) is 26.9 Å². The van der Waals surface area contributed by atoms with Crippen LogP contribution in [0.3, 0.4) is 0 Å². The fraction of sp³-hybridized carbons (Fsp3) is 0.571. The lowest BCUT2D eigenvalue weighted by molar-refractivity contribution is 0.0671. The fourth-order valence-corrected chi connectivity index (χ4v) is 2.00. The second kappa shape index (κ2) is 7.46. The van der Waals surface area contributed by atoms with Crippen molar-refractivity contribution < 1.29 is 13.9 Å². The Hall–Kier alpha value is -0.970. The van der Waals surface area contributed by atoms with Gasteiger partial charge in [0.1, 0.15) is 5.82 Å². The molecule has 18 heavy (non-hydrogen) atoms. The highest BCUT2D eigenvalue weighted by atomic mass is 19.1. The first-order chi connectivity index (χ1) is 8.56. The molecule has 1 aromatic rings. The van der Waals surface area contributed by atoms with Gasteiger partial charge in [0.2, 0.25) is 0 Å². The van der Waals surface area contributed by atoms with Crippen LogP contribution in [0.4, 0.5) is 4.39 Å². The molecule has 1 unspecified atom stereocenters. The third-order valence-electron chi connectivity index (χ3n) is 2.86. The highest BCUT2D eigenvalue weighted by Gasteiger charge is 2.14. The van der Waals surface area contributed by atoms with Crippen LogP contribution in [0.15, 0.2) is 12.1 Å². The number of nitrogens with two attached hydrogens (primary N) is 1. The van der Waals surface area contributed by atoms with Crippen LogP contribution in [0.1, 0.15) is 29.2 Å². The molecule has 0 heterocycles. The standard InChI is InChI=1S/C14H22FNO2/c1-10-8-11(2)14(12(15)9-10)13(16)4-5-18-7-6-17-3/h8-9,13H,4-7,16H2,1-3H3. The van der Waals surface area contributed by atoms with Crippen molar-refractivity contribution in [3.8, 4) is 0 Å². The monoisotopic (exact) mass is 255 g/mol. The molecule has 1 atom stereocenters. The van der Waals surface area contributed by atoms with Gasteiger partial charge >= 0.3 is 0 Å². The van der Waals surface area contributed by atoms with E-state index in [0.29, 0.717) is 31.8 Å². The molecule has 0 bridgehead atoms. The van der Waals surface area contributed by atoms with E-state index in [-0.39, 0.29) is 11.9 Å². The Labute approximate surface area is 108 Å². The van der Waals surface area contributed by atoms with Gasteiger partial charge in [-0.3, -0.25) is 0 Å². The first-order valence-electron chi connectivity index (χ1n) is 6.15. The molecule has 0 spiro atoms. The largest absolute Gasteiger partial charge is 0.382 e. The Bertz CT molecular complexity index is 359. The Balaban J connectivity index is 2.53. The van der Waals surface area contributed by atoms with E-state index in [0.717, 1.165) is 11.1 Å². The summed E-state index contributed by atoms with van der Waals surface area (Å²) in [6.45, 7) is 5.37. The molecule has 0 saturated carbocycles. The minimum absolute atomic E-state index is 0.225. The van der Waals surface area contributed by atoms with E-state index < -0.39 is 0 Å². The Morgan fingerprint density at radius 3 is 2.56 bits per heavy atom. The molecule has 1 aromatic carbocycles. The van der Waals surface area contributed by atoms with Crippen LogP contribution in [0.5, 0.6) is 0 Å². The minimum Gasteiger partial charge on any atom is -0.382 e. The molecule has 0 aliphatic rings. The summed E-state index contributed by atoms with van der Waals surface area (Å²) in [5.74, 6) is -0.225. The van der Waals surface area contributed by atoms with Crippen LogP contribution in [-0.2, 0) is 9.47 Å². The summed E-state index contributed by atoms with van der Waals surface area (Å²) in [7, 11) is 1.63. The van der Waals surface area contributed by atoms with Gasteiger partial charge in [0, 0.05) is 25.3 Å². The third-order valence-corrected chi connectivity index (χ3v) is 2.86. The molecule has 0 saturated heterocycles. The van der Waals surface area contributed by atoms with Gasteiger partial charge in [-0.25, -0.2) is 4.39 Å². The van der Waals surface area contributed by atoms with E-state index in [1.54, 1.807) is 7.11 Å². The van der Waals surface area contributed by atoms with E-state index in [1.807, 2.05) is 19.9 Å². The Morgan fingerprint density at radius 1 is 1.22 bits per heavy atom. The Kier molecular flexibility index (Phi) is 6.25. The molecule has 3 nitrogen and oxygen atoms in total. The van der Waals surface area contributed by atoms with E-state index in [9.17, 15) is 4.39 Å². The molecular weight excluding hydrogens is 233 g/mol. The normalized spacial score (nSPS) is 12.7. The molecule has 0 aromatic heterocycles. The van der Waals surface area contributed by atoms with E-state index >= 15 is 0 Å². The van der Waals surface area contributed by atoms with Gasteiger partial charge < -0.3 is 15.2 Å². The molecule has 0 aliphatic heterocycles. The van der Waals surface area contributed by atoms with Gasteiger partial charge in [-0.1, -0.05) is 6.07 Å². The zero-order valence-corrected chi connectivity index (χ0v) is 11.3. The molecule has 4 heteroatoms. The van der Waals surface area contributed by atoms with E-state index in [2.05, 4.69) is 0 Å². The first-order valence-corrected chi connectivity index (χ1v) is 6.15. The summed E-state index contributed by atoms with van der Waals surface area (Å²) >= 11 is 0. The highest BCUT2D eigenvalue weighted by molar-refractivity contribution is 5.34. The van der Waals surface area contributed by atoms with Crippen molar-refractivity contribution >= 4 is 0 Å². The zero-order valence-electron chi connectivity index (χ0n) is 11.3. The maximum atomic E-state index is 13.9. The molecule has 2 N–H and O–H groups in total. The van der Waals surface area contributed by atoms with Crippen molar-refractivity contribution in [1.82, 2.24) is 0 Å². The third kappa shape index (κ3) is 4.37. The number of hydrogen-bond donors (Lipinski definition) is 1. The van der Waals surface area contributed by atoms with Crippen molar-refractivity contribution in [3.05, 3.63) is 34.6 Å². The van der Waals surface area contributed by atoms with Crippen LogP contribution >= 0.6 is 0 Å². The van der Waals surface area contributed by atoms with Gasteiger partial charge in [-0.05, 0) is 37.5 Å². The summed E-state index contributed by atoms with van der Waals surface area (Å²) in [6, 6.07) is 3.14. The molecule has 102 valence electrons.